The van der Waals surface area contributed by atoms with E-state index in [9.17, 15) is 4.79 Å². The van der Waals surface area contributed by atoms with Crippen molar-refractivity contribution in [3.05, 3.63) is 77.0 Å². The molecule has 0 bridgehead atoms. The maximum Gasteiger partial charge on any atom is 0.273 e. The lowest BCUT2D eigenvalue weighted by Gasteiger charge is -2.17. The molecule has 3 heterocycles. The van der Waals surface area contributed by atoms with E-state index in [1.165, 1.54) is 12.0 Å². The molecule has 162 valence electrons. The van der Waals surface area contributed by atoms with Crippen molar-refractivity contribution in [1.82, 2.24) is 25.4 Å². The van der Waals surface area contributed by atoms with E-state index in [1.54, 1.807) is 18.5 Å². The van der Waals surface area contributed by atoms with E-state index in [4.69, 9.17) is 9.26 Å². The number of rotatable bonds is 6. The molecule has 0 saturated carbocycles. The number of benzene rings is 1. The molecule has 5 rings (SSSR count). The van der Waals surface area contributed by atoms with Gasteiger partial charge in [-0.25, -0.2) is 9.97 Å². The zero-order chi connectivity index (χ0) is 21.9. The number of carbonyl (C=O) groups excluding carboxylic acids is 1. The molecule has 0 radical (unpaired) electrons. The largest absolute Gasteiger partial charge is 0.485 e. The molecule has 0 unspecified atom stereocenters. The number of hydrogen-bond acceptors (Lipinski definition) is 7. The number of pyridine rings is 1. The van der Waals surface area contributed by atoms with Gasteiger partial charge >= 0.3 is 0 Å². The zero-order valence-electron chi connectivity index (χ0n) is 17.8. The number of fused-ring (bicyclic) bond motifs is 2. The van der Waals surface area contributed by atoms with Crippen molar-refractivity contribution >= 4 is 16.7 Å². The fourth-order valence-corrected chi connectivity index (χ4v) is 4.03. The lowest BCUT2D eigenvalue weighted by molar-refractivity contribution is 0.0940. The third kappa shape index (κ3) is 4.16. The SMILES string of the molecule is Cc1nc(CNC(=O)c2cc(COc3cccc4cnccc34)on2)nc2c1CCCC2. The van der Waals surface area contributed by atoms with Crippen LogP contribution in [0, 0.1) is 6.92 Å². The van der Waals surface area contributed by atoms with Gasteiger partial charge in [-0.1, -0.05) is 17.3 Å². The van der Waals surface area contributed by atoms with Gasteiger partial charge in [-0.05, 0) is 50.3 Å². The fourth-order valence-electron chi connectivity index (χ4n) is 4.03. The molecule has 1 aromatic carbocycles. The molecule has 4 aromatic rings. The number of carbonyl (C=O) groups is 1. The summed E-state index contributed by atoms with van der Waals surface area (Å²) < 4.78 is 11.2. The minimum atomic E-state index is -0.338. The van der Waals surface area contributed by atoms with Crippen LogP contribution in [0.25, 0.3) is 10.8 Å². The van der Waals surface area contributed by atoms with Gasteiger partial charge in [0.2, 0.25) is 0 Å². The minimum absolute atomic E-state index is 0.162. The molecule has 1 aliphatic rings. The Kier molecular flexibility index (Phi) is 5.49. The maximum atomic E-state index is 12.5. The Bertz CT molecular complexity index is 1280. The van der Waals surface area contributed by atoms with E-state index in [2.05, 4.69) is 25.4 Å². The van der Waals surface area contributed by atoms with Gasteiger partial charge in [-0.15, -0.1) is 0 Å². The van der Waals surface area contributed by atoms with Crippen molar-refractivity contribution in [2.24, 2.45) is 0 Å². The van der Waals surface area contributed by atoms with Gasteiger partial charge in [0.05, 0.1) is 6.54 Å². The monoisotopic (exact) mass is 429 g/mol. The number of ether oxygens (including phenoxy) is 1. The van der Waals surface area contributed by atoms with Crippen molar-refractivity contribution in [1.29, 1.82) is 0 Å². The molecule has 0 atom stereocenters. The van der Waals surface area contributed by atoms with E-state index < -0.39 is 0 Å². The summed E-state index contributed by atoms with van der Waals surface area (Å²) >= 11 is 0. The van der Waals surface area contributed by atoms with Crippen molar-refractivity contribution < 1.29 is 14.1 Å². The molecule has 0 fully saturated rings. The van der Waals surface area contributed by atoms with Gasteiger partial charge in [-0.2, -0.15) is 0 Å². The summed E-state index contributed by atoms with van der Waals surface area (Å²) in [6.07, 6.45) is 7.84. The van der Waals surface area contributed by atoms with Gasteiger partial charge in [-0.3, -0.25) is 9.78 Å². The first kappa shape index (κ1) is 20.1. The summed E-state index contributed by atoms with van der Waals surface area (Å²) in [5.74, 6) is 1.46. The molecule has 0 saturated heterocycles. The van der Waals surface area contributed by atoms with Crippen LogP contribution >= 0.6 is 0 Å². The standard InChI is InChI=1S/C24H23N5O3/c1-15-18-6-2-3-7-20(18)28-23(27-15)13-26-24(30)21-11-17(32-29-21)14-31-22-8-4-5-16-12-25-10-9-19(16)22/h4-5,8-12H,2-3,6-7,13-14H2,1H3,(H,26,30). The molecule has 0 aliphatic heterocycles. The summed E-state index contributed by atoms with van der Waals surface area (Å²) in [7, 11) is 0. The van der Waals surface area contributed by atoms with Crippen LogP contribution in [0.4, 0.5) is 0 Å². The molecule has 8 heteroatoms. The second kappa shape index (κ2) is 8.74. The van der Waals surface area contributed by atoms with E-state index in [0.717, 1.165) is 41.4 Å². The smallest absolute Gasteiger partial charge is 0.273 e. The van der Waals surface area contributed by atoms with Gasteiger partial charge in [0, 0.05) is 40.6 Å². The summed E-state index contributed by atoms with van der Waals surface area (Å²) in [6.45, 7) is 2.41. The summed E-state index contributed by atoms with van der Waals surface area (Å²) in [6, 6.07) is 9.24. The predicted octanol–water partition coefficient (Wildman–Crippen LogP) is 3.71. The highest BCUT2D eigenvalue weighted by atomic mass is 16.5. The third-order valence-corrected chi connectivity index (χ3v) is 5.65. The zero-order valence-corrected chi connectivity index (χ0v) is 17.8. The highest BCUT2D eigenvalue weighted by molar-refractivity contribution is 5.92. The van der Waals surface area contributed by atoms with Gasteiger partial charge in [0.15, 0.2) is 11.5 Å². The van der Waals surface area contributed by atoms with Crippen molar-refractivity contribution in [2.75, 3.05) is 0 Å². The van der Waals surface area contributed by atoms with Gasteiger partial charge in [0.1, 0.15) is 18.2 Å². The number of aryl methyl sites for hydroxylation is 2. The Morgan fingerprint density at radius 3 is 3.03 bits per heavy atom. The highest BCUT2D eigenvalue weighted by Gasteiger charge is 2.17. The number of aromatic nitrogens is 4. The van der Waals surface area contributed by atoms with Crippen LogP contribution in [0.5, 0.6) is 5.75 Å². The average molecular weight is 429 g/mol. The van der Waals surface area contributed by atoms with E-state index in [-0.39, 0.29) is 24.8 Å². The van der Waals surface area contributed by atoms with E-state index >= 15 is 0 Å². The molecule has 1 N–H and O–H groups in total. The van der Waals surface area contributed by atoms with E-state index in [1.807, 2.05) is 31.2 Å². The van der Waals surface area contributed by atoms with E-state index in [0.29, 0.717) is 17.3 Å². The fraction of sp³-hybridized carbons (Fsp3) is 0.292. The Morgan fingerprint density at radius 1 is 1.19 bits per heavy atom. The van der Waals surface area contributed by atoms with Crippen LogP contribution in [-0.2, 0) is 26.0 Å². The van der Waals surface area contributed by atoms with Crippen molar-refractivity contribution in [3.8, 4) is 5.75 Å². The number of nitrogens with zero attached hydrogens (tertiary/aromatic N) is 4. The van der Waals surface area contributed by atoms with Gasteiger partial charge in [0.25, 0.3) is 5.91 Å². The number of nitrogens with one attached hydrogen (secondary N) is 1. The summed E-state index contributed by atoms with van der Waals surface area (Å²) in [5.41, 5.74) is 3.57. The van der Waals surface area contributed by atoms with Crippen LogP contribution in [0.15, 0.2) is 47.2 Å². The second-order valence-corrected chi connectivity index (χ2v) is 7.86. The van der Waals surface area contributed by atoms with Crippen molar-refractivity contribution in [3.63, 3.8) is 0 Å². The molecule has 1 aliphatic carbocycles. The molecule has 32 heavy (non-hydrogen) atoms. The number of hydrogen-bond donors (Lipinski definition) is 1. The molecule has 8 nitrogen and oxygen atoms in total. The van der Waals surface area contributed by atoms with Crippen molar-refractivity contribution in [2.45, 2.75) is 45.8 Å². The maximum absolute atomic E-state index is 12.5. The first-order valence-electron chi connectivity index (χ1n) is 10.7. The Morgan fingerprint density at radius 2 is 2.09 bits per heavy atom. The van der Waals surface area contributed by atoms with Crippen LogP contribution in [-0.4, -0.2) is 26.0 Å². The van der Waals surface area contributed by atoms with Crippen LogP contribution in [0.1, 0.15) is 51.9 Å². The predicted molar refractivity (Wildman–Crippen MR) is 117 cm³/mol. The summed E-state index contributed by atoms with van der Waals surface area (Å²) in [4.78, 5) is 25.8. The first-order chi connectivity index (χ1) is 15.7. The second-order valence-electron chi connectivity index (χ2n) is 7.86. The molecular formula is C24H23N5O3. The molecule has 0 spiro atoms. The normalized spacial score (nSPS) is 13.0. The van der Waals surface area contributed by atoms with Crippen LogP contribution < -0.4 is 10.1 Å². The average Bonchev–Trinajstić information content (AvgIpc) is 3.30. The third-order valence-electron chi connectivity index (χ3n) is 5.65. The molecular weight excluding hydrogens is 406 g/mol. The Hall–Kier alpha value is -3.81. The molecule has 3 aromatic heterocycles. The molecule has 1 amide bonds. The first-order valence-corrected chi connectivity index (χ1v) is 10.7. The quantitative estimate of drug-likeness (QED) is 0.498. The minimum Gasteiger partial charge on any atom is -0.485 e. The highest BCUT2D eigenvalue weighted by Crippen LogP contribution is 2.25. The summed E-state index contributed by atoms with van der Waals surface area (Å²) in [5, 5.41) is 8.65. The van der Waals surface area contributed by atoms with Gasteiger partial charge < -0.3 is 14.6 Å². The Labute approximate surface area is 185 Å². The lowest BCUT2D eigenvalue weighted by atomic mass is 9.95. The van der Waals surface area contributed by atoms with Crippen LogP contribution in [0.3, 0.4) is 0 Å². The van der Waals surface area contributed by atoms with Crippen LogP contribution in [0.2, 0.25) is 0 Å². The Balaban J connectivity index is 1.21. The number of amides is 1. The topological polar surface area (TPSA) is 103 Å². The lowest BCUT2D eigenvalue weighted by Crippen LogP contribution is -2.25.